The molecule has 2 aromatic rings. The van der Waals surface area contributed by atoms with Crippen LogP contribution in [0.25, 0.3) is 0 Å². The molecule has 4 rings (SSSR count). The van der Waals surface area contributed by atoms with Gasteiger partial charge in [-0.2, -0.15) is 0 Å². The maximum atomic E-state index is 2.43. The molecule has 0 amide bonds. The number of unbranched alkanes of at least 4 members (excludes halogenated alkanes) is 2. The van der Waals surface area contributed by atoms with E-state index in [-0.39, 0.29) is 0 Å². The molecule has 0 heterocycles. The van der Waals surface area contributed by atoms with Crippen LogP contribution in [0.4, 0.5) is 0 Å². The standard InChI is InChI=1S/C31H44/c1-3-4-5-6-25-11-15-28(16-12-25)30-19-21-31(22-20-30)29-17-13-27(14-18-29)23-26-9-7-24(2)8-10-26/h7-10,13-14,17-18,25,28,30-31H,3-6,11-12,15-16,19-23H2,1-2H3. The van der Waals surface area contributed by atoms with E-state index in [1.807, 2.05) is 0 Å². The molecule has 168 valence electrons. The van der Waals surface area contributed by atoms with Crippen molar-refractivity contribution in [2.75, 3.05) is 0 Å². The van der Waals surface area contributed by atoms with Crippen molar-refractivity contribution < 1.29 is 0 Å². The van der Waals surface area contributed by atoms with Crippen LogP contribution in [0.2, 0.25) is 0 Å². The molecule has 0 nitrogen and oxygen atoms in total. The molecule has 0 radical (unpaired) electrons. The molecule has 2 aromatic carbocycles. The van der Waals surface area contributed by atoms with Crippen molar-refractivity contribution in [1.29, 1.82) is 0 Å². The zero-order chi connectivity index (χ0) is 21.5. The first-order chi connectivity index (χ1) is 15.2. The topological polar surface area (TPSA) is 0 Å². The molecule has 2 saturated carbocycles. The molecule has 0 spiro atoms. The lowest BCUT2D eigenvalue weighted by Crippen LogP contribution is -2.25. The van der Waals surface area contributed by atoms with Gasteiger partial charge in [-0.1, -0.05) is 99.5 Å². The second kappa shape index (κ2) is 11.3. The molecule has 0 heteroatoms. The molecule has 0 saturated heterocycles. The Hall–Kier alpha value is -1.56. The predicted octanol–water partition coefficient (Wildman–Crippen LogP) is 9.25. The fourth-order valence-electron chi connectivity index (χ4n) is 6.40. The summed E-state index contributed by atoms with van der Waals surface area (Å²) in [6, 6.07) is 18.6. The van der Waals surface area contributed by atoms with Crippen molar-refractivity contribution in [2.45, 2.75) is 103 Å². The highest BCUT2D eigenvalue weighted by Gasteiger charge is 2.31. The van der Waals surface area contributed by atoms with E-state index in [1.54, 1.807) is 5.56 Å². The molecule has 2 aliphatic rings. The van der Waals surface area contributed by atoms with Gasteiger partial charge in [0.05, 0.1) is 0 Å². The van der Waals surface area contributed by atoms with Gasteiger partial charge in [-0.3, -0.25) is 0 Å². The molecule has 2 aliphatic carbocycles. The third-order valence-electron chi connectivity index (χ3n) is 8.53. The van der Waals surface area contributed by atoms with Crippen LogP contribution in [0.1, 0.15) is 112 Å². The molecule has 0 aliphatic heterocycles. The van der Waals surface area contributed by atoms with E-state index in [9.17, 15) is 0 Å². The van der Waals surface area contributed by atoms with Crippen LogP contribution < -0.4 is 0 Å². The summed E-state index contributed by atoms with van der Waals surface area (Å²) >= 11 is 0. The quantitative estimate of drug-likeness (QED) is 0.376. The summed E-state index contributed by atoms with van der Waals surface area (Å²) in [6.45, 7) is 4.49. The van der Waals surface area contributed by atoms with E-state index < -0.39 is 0 Å². The maximum absolute atomic E-state index is 2.43. The first-order valence-electron chi connectivity index (χ1n) is 13.4. The Kier molecular flexibility index (Phi) is 8.28. The molecule has 0 unspecified atom stereocenters. The normalized spacial score (nSPS) is 26.6. The van der Waals surface area contributed by atoms with Crippen LogP contribution in [-0.2, 0) is 6.42 Å². The summed E-state index contributed by atoms with van der Waals surface area (Å²) < 4.78 is 0. The Bertz CT molecular complexity index is 753. The second-order valence-electron chi connectivity index (χ2n) is 10.8. The first-order valence-corrected chi connectivity index (χ1v) is 13.4. The molecular weight excluding hydrogens is 372 g/mol. The van der Waals surface area contributed by atoms with Crippen molar-refractivity contribution in [2.24, 2.45) is 17.8 Å². The average molecular weight is 417 g/mol. The van der Waals surface area contributed by atoms with Gasteiger partial charge >= 0.3 is 0 Å². The highest BCUT2D eigenvalue weighted by Crippen LogP contribution is 2.44. The van der Waals surface area contributed by atoms with Crippen molar-refractivity contribution in [1.82, 2.24) is 0 Å². The SMILES string of the molecule is CCCCCC1CCC(C2CCC(c3ccc(Cc4ccc(C)cc4)cc3)CC2)CC1. The predicted molar refractivity (Wildman–Crippen MR) is 135 cm³/mol. The first kappa shape index (κ1) is 22.6. The van der Waals surface area contributed by atoms with Gasteiger partial charge in [0.25, 0.3) is 0 Å². The maximum Gasteiger partial charge on any atom is -0.00258 e. The summed E-state index contributed by atoms with van der Waals surface area (Å²) in [5.74, 6) is 3.92. The number of hydrogen-bond acceptors (Lipinski definition) is 0. The average Bonchev–Trinajstić information content (AvgIpc) is 2.82. The Morgan fingerprint density at radius 1 is 0.645 bits per heavy atom. The van der Waals surface area contributed by atoms with Crippen LogP contribution in [0, 0.1) is 24.7 Å². The van der Waals surface area contributed by atoms with Gasteiger partial charge in [0, 0.05) is 0 Å². The molecule has 0 bridgehead atoms. The van der Waals surface area contributed by atoms with E-state index in [1.165, 1.54) is 93.7 Å². The summed E-state index contributed by atoms with van der Waals surface area (Å²) in [6.07, 6.45) is 18.7. The van der Waals surface area contributed by atoms with Crippen molar-refractivity contribution in [3.63, 3.8) is 0 Å². The van der Waals surface area contributed by atoms with Crippen LogP contribution in [0.15, 0.2) is 48.5 Å². The van der Waals surface area contributed by atoms with Crippen LogP contribution >= 0.6 is 0 Å². The zero-order valence-corrected chi connectivity index (χ0v) is 20.1. The summed E-state index contributed by atoms with van der Waals surface area (Å²) in [5, 5.41) is 0. The highest BCUT2D eigenvalue weighted by atomic mass is 14.4. The lowest BCUT2D eigenvalue weighted by molar-refractivity contribution is 0.155. The Labute approximate surface area is 191 Å². The zero-order valence-electron chi connectivity index (χ0n) is 20.1. The fourth-order valence-corrected chi connectivity index (χ4v) is 6.40. The molecule has 31 heavy (non-hydrogen) atoms. The van der Waals surface area contributed by atoms with E-state index >= 15 is 0 Å². The Morgan fingerprint density at radius 2 is 1.19 bits per heavy atom. The minimum atomic E-state index is 0.801. The van der Waals surface area contributed by atoms with Gasteiger partial charge in [0.15, 0.2) is 0 Å². The summed E-state index contributed by atoms with van der Waals surface area (Å²) in [4.78, 5) is 0. The Balaban J connectivity index is 1.21. The van der Waals surface area contributed by atoms with Gasteiger partial charge in [-0.15, -0.1) is 0 Å². The van der Waals surface area contributed by atoms with Crippen LogP contribution in [-0.4, -0.2) is 0 Å². The Morgan fingerprint density at radius 3 is 1.77 bits per heavy atom. The van der Waals surface area contributed by atoms with Gasteiger partial charge in [-0.25, -0.2) is 0 Å². The number of aryl methyl sites for hydroxylation is 1. The van der Waals surface area contributed by atoms with E-state index in [2.05, 4.69) is 62.4 Å². The van der Waals surface area contributed by atoms with Crippen molar-refractivity contribution >= 4 is 0 Å². The van der Waals surface area contributed by atoms with E-state index in [0.29, 0.717) is 0 Å². The summed E-state index contributed by atoms with van der Waals surface area (Å²) in [5.41, 5.74) is 5.79. The van der Waals surface area contributed by atoms with Gasteiger partial charge < -0.3 is 0 Å². The summed E-state index contributed by atoms with van der Waals surface area (Å²) in [7, 11) is 0. The minimum absolute atomic E-state index is 0.801. The molecule has 0 aromatic heterocycles. The van der Waals surface area contributed by atoms with Crippen molar-refractivity contribution in [3.8, 4) is 0 Å². The molecule has 0 atom stereocenters. The lowest BCUT2D eigenvalue weighted by Gasteiger charge is -2.38. The molecule has 0 N–H and O–H groups in total. The fraction of sp³-hybridized carbons (Fsp3) is 0.613. The smallest absolute Gasteiger partial charge is 0.00258 e. The van der Waals surface area contributed by atoms with Crippen LogP contribution in [0.3, 0.4) is 0 Å². The van der Waals surface area contributed by atoms with Gasteiger partial charge in [0.1, 0.15) is 0 Å². The van der Waals surface area contributed by atoms with E-state index in [4.69, 9.17) is 0 Å². The van der Waals surface area contributed by atoms with E-state index in [0.717, 1.165) is 30.1 Å². The van der Waals surface area contributed by atoms with Gasteiger partial charge in [0.2, 0.25) is 0 Å². The second-order valence-corrected chi connectivity index (χ2v) is 10.8. The molecular formula is C31H44. The largest absolute Gasteiger partial charge is 0.0654 e. The number of rotatable bonds is 8. The minimum Gasteiger partial charge on any atom is -0.0654 e. The molecule has 2 fully saturated rings. The van der Waals surface area contributed by atoms with Crippen LogP contribution in [0.5, 0.6) is 0 Å². The number of benzene rings is 2. The lowest BCUT2D eigenvalue weighted by atomic mass is 9.68. The van der Waals surface area contributed by atoms with Crippen molar-refractivity contribution in [3.05, 3.63) is 70.8 Å². The highest BCUT2D eigenvalue weighted by molar-refractivity contribution is 5.31. The third kappa shape index (κ3) is 6.47. The third-order valence-corrected chi connectivity index (χ3v) is 8.53. The number of hydrogen-bond donors (Lipinski definition) is 0. The monoisotopic (exact) mass is 416 g/mol. The van der Waals surface area contributed by atoms with Gasteiger partial charge in [-0.05, 0) is 92.2 Å².